The number of hydrogen-bond donors (Lipinski definition) is 1. The molecule has 1 aromatic heterocycles. The van der Waals surface area contributed by atoms with Gasteiger partial charge in [-0.2, -0.15) is 0 Å². The Labute approximate surface area is 132 Å². The molecule has 1 saturated carbocycles. The van der Waals surface area contributed by atoms with Crippen LogP contribution in [0.25, 0.3) is 0 Å². The highest BCUT2D eigenvalue weighted by atomic mass is 79.9. The molecule has 108 valence electrons. The fourth-order valence-electron chi connectivity index (χ4n) is 2.60. The standard InChI is InChI=1S/C17H17BrN2O/c1-11(13-3-2-8-19-10-13)20-17(21)16-9-15(16)12-4-6-14(18)7-5-12/h2-8,10-11,15-16H,9H2,1H3,(H,20,21)/t11-,15-,16+/m0/s1. The zero-order valence-electron chi connectivity index (χ0n) is 11.8. The molecule has 4 heteroatoms. The van der Waals surface area contributed by atoms with E-state index in [-0.39, 0.29) is 17.9 Å². The van der Waals surface area contributed by atoms with Crippen molar-refractivity contribution >= 4 is 21.8 Å². The van der Waals surface area contributed by atoms with E-state index in [2.05, 4.69) is 38.4 Å². The Balaban J connectivity index is 1.59. The highest BCUT2D eigenvalue weighted by molar-refractivity contribution is 9.10. The van der Waals surface area contributed by atoms with E-state index < -0.39 is 0 Å². The van der Waals surface area contributed by atoms with Crippen LogP contribution in [0.1, 0.15) is 36.4 Å². The van der Waals surface area contributed by atoms with Crippen LogP contribution < -0.4 is 5.32 Å². The van der Waals surface area contributed by atoms with Crippen LogP contribution in [0.5, 0.6) is 0 Å². The van der Waals surface area contributed by atoms with Gasteiger partial charge in [-0.15, -0.1) is 0 Å². The third-order valence-electron chi connectivity index (χ3n) is 3.97. The van der Waals surface area contributed by atoms with Gasteiger partial charge in [-0.3, -0.25) is 9.78 Å². The molecule has 3 rings (SSSR count). The summed E-state index contributed by atoms with van der Waals surface area (Å²) in [6, 6.07) is 12.1. The zero-order valence-corrected chi connectivity index (χ0v) is 13.4. The van der Waals surface area contributed by atoms with Gasteiger partial charge in [0.2, 0.25) is 5.91 Å². The fourth-order valence-corrected chi connectivity index (χ4v) is 2.86. The maximum Gasteiger partial charge on any atom is 0.224 e. The second-order valence-electron chi connectivity index (χ2n) is 5.52. The molecule has 0 unspecified atom stereocenters. The van der Waals surface area contributed by atoms with E-state index >= 15 is 0 Å². The van der Waals surface area contributed by atoms with E-state index in [1.807, 2.05) is 31.2 Å². The lowest BCUT2D eigenvalue weighted by molar-refractivity contribution is -0.123. The first-order valence-electron chi connectivity index (χ1n) is 7.11. The lowest BCUT2D eigenvalue weighted by Gasteiger charge is -2.13. The molecule has 1 amide bonds. The molecular formula is C17H17BrN2O. The van der Waals surface area contributed by atoms with Crippen molar-refractivity contribution < 1.29 is 4.79 Å². The van der Waals surface area contributed by atoms with Gasteiger partial charge in [-0.25, -0.2) is 0 Å². The predicted molar refractivity (Wildman–Crippen MR) is 85.8 cm³/mol. The van der Waals surface area contributed by atoms with Crippen LogP contribution in [-0.2, 0) is 4.79 Å². The third-order valence-corrected chi connectivity index (χ3v) is 4.50. The van der Waals surface area contributed by atoms with E-state index in [0.29, 0.717) is 5.92 Å². The first-order chi connectivity index (χ1) is 10.1. The van der Waals surface area contributed by atoms with E-state index in [9.17, 15) is 4.79 Å². The molecule has 1 aliphatic rings. The number of carbonyl (C=O) groups is 1. The van der Waals surface area contributed by atoms with Gasteiger partial charge in [-0.1, -0.05) is 34.1 Å². The molecule has 0 bridgehead atoms. The highest BCUT2D eigenvalue weighted by Gasteiger charge is 2.44. The summed E-state index contributed by atoms with van der Waals surface area (Å²) in [6.45, 7) is 1.99. The summed E-state index contributed by atoms with van der Waals surface area (Å²) in [5.74, 6) is 0.601. The summed E-state index contributed by atoms with van der Waals surface area (Å²) in [5, 5.41) is 3.08. The van der Waals surface area contributed by atoms with Crippen LogP contribution in [0.2, 0.25) is 0 Å². The van der Waals surface area contributed by atoms with Crippen molar-refractivity contribution in [3.63, 3.8) is 0 Å². The first-order valence-corrected chi connectivity index (χ1v) is 7.90. The zero-order chi connectivity index (χ0) is 14.8. The van der Waals surface area contributed by atoms with E-state index in [0.717, 1.165) is 16.5 Å². The number of amides is 1. The fraction of sp³-hybridized carbons (Fsp3) is 0.294. The van der Waals surface area contributed by atoms with E-state index in [1.165, 1.54) is 5.56 Å². The van der Waals surface area contributed by atoms with Crippen molar-refractivity contribution in [2.24, 2.45) is 5.92 Å². The van der Waals surface area contributed by atoms with Gasteiger partial charge in [0.25, 0.3) is 0 Å². The summed E-state index contributed by atoms with van der Waals surface area (Å²) in [7, 11) is 0. The number of nitrogens with one attached hydrogen (secondary N) is 1. The number of halogens is 1. The molecule has 3 nitrogen and oxygen atoms in total. The molecule has 2 aromatic rings. The van der Waals surface area contributed by atoms with Crippen LogP contribution >= 0.6 is 15.9 Å². The van der Waals surface area contributed by atoms with Crippen molar-refractivity contribution in [3.8, 4) is 0 Å². The van der Waals surface area contributed by atoms with Crippen LogP contribution in [0.3, 0.4) is 0 Å². The van der Waals surface area contributed by atoms with Gasteiger partial charge in [0.05, 0.1) is 6.04 Å². The summed E-state index contributed by atoms with van der Waals surface area (Å²) in [5.41, 5.74) is 2.28. The van der Waals surface area contributed by atoms with Crippen LogP contribution in [0, 0.1) is 5.92 Å². The minimum Gasteiger partial charge on any atom is -0.349 e. The van der Waals surface area contributed by atoms with Gasteiger partial charge in [-0.05, 0) is 48.6 Å². The van der Waals surface area contributed by atoms with Crippen molar-refractivity contribution in [1.29, 1.82) is 0 Å². The molecule has 1 heterocycles. The number of benzene rings is 1. The normalized spacial score (nSPS) is 21.6. The predicted octanol–water partition coefficient (Wildman–Crippen LogP) is 3.83. The van der Waals surface area contributed by atoms with Crippen LogP contribution in [0.4, 0.5) is 0 Å². The minimum atomic E-state index is -0.00244. The van der Waals surface area contributed by atoms with Gasteiger partial charge in [0.1, 0.15) is 0 Å². The molecule has 0 radical (unpaired) electrons. The maximum atomic E-state index is 12.3. The largest absolute Gasteiger partial charge is 0.349 e. The van der Waals surface area contributed by atoms with E-state index in [4.69, 9.17) is 0 Å². The second-order valence-corrected chi connectivity index (χ2v) is 6.43. The Kier molecular flexibility index (Phi) is 4.06. The molecule has 3 atom stereocenters. The topological polar surface area (TPSA) is 42.0 Å². The first kappa shape index (κ1) is 14.3. The molecule has 0 spiro atoms. The molecule has 1 aromatic carbocycles. The number of carbonyl (C=O) groups excluding carboxylic acids is 1. The van der Waals surface area contributed by atoms with Crippen LogP contribution in [0.15, 0.2) is 53.3 Å². The van der Waals surface area contributed by atoms with Crippen LogP contribution in [-0.4, -0.2) is 10.9 Å². The Hall–Kier alpha value is -1.68. The summed E-state index contributed by atoms with van der Waals surface area (Å²) in [6.07, 6.45) is 4.47. The maximum absolute atomic E-state index is 12.3. The molecule has 1 aliphatic carbocycles. The molecule has 1 N–H and O–H groups in total. The van der Waals surface area contributed by atoms with Gasteiger partial charge < -0.3 is 5.32 Å². The van der Waals surface area contributed by atoms with Gasteiger partial charge >= 0.3 is 0 Å². The Morgan fingerprint density at radius 3 is 2.76 bits per heavy atom. The molecule has 0 saturated heterocycles. The number of hydrogen-bond acceptors (Lipinski definition) is 2. The number of pyridine rings is 1. The quantitative estimate of drug-likeness (QED) is 0.915. The molecule has 21 heavy (non-hydrogen) atoms. The molecule has 1 fully saturated rings. The van der Waals surface area contributed by atoms with Crippen molar-refractivity contribution in [1.82, 2.24) is 10.3 Å². The van der Waals surface area contributed by atoms with Crippen molar-refractivity contribution in [2.75, 3.05) is 0 Å². The number of nitrogens with zero attached hydrogens (tertiary/aromatic N) is 1. The minimum absolute atomic E-state index is 0.00244. The smallest absolute Gasteiger partial charge is 0.224 e. The van der Waals surface area contributed by atoms with Gasteiger partial charge in [0.15, 0.2) is 0 Å². The number of rotatable bonds is 4. The Morgan fingerprint density at radius 2 is 2.10 bits per heavy atom. The third kappa shape index (κ3) is 3.32. The van der Waals surface area contributed by atoms with Gasteiger partial charge in [0, 0.05) is 22.8 Å². The summed E-state index contributed by atoms with van der Waals surface area (Å²) in [4.78, 5) is 16.4. The Bertz CT molecular complexity index is 627. The molecular weight excluding hydrogens is 328 g/mol. The second kappa shape index (κ2) is 5.98. The summed E-state index contributed by atoms with van der Waals surface area (Å²) >= 11 is 3.43. The van der Waals surface area contributed by atoms with Crippen molar-refractivity contribution in [2.45, 2.75) is 25.3 Å². The highest BCUT2D eigenvalue weighted by Crippen LogP contribution is 2.47. The van der Waals surface area contributed by atoms with E-state index in [1.54, 1.807) is 12.4 Å². The average molecular weight is 345 g/mol. The SMILES string of the molecule is C[C@H](NC(=O)[C@@H]1C[C@H]1c1ccc(Br)cc1)c1cccnc1. The summed E-state index contributed by atoms with van der Waals surface area (Å²) < 4.78 is 1.07. The average Bonchev–Trinajstić information content (AvgIpc) is 3.29. The molecule has 0 aliphatic heterocycles. The lowest BCUT2D eigenvalue weighted by atomic mass is 10.1. The monoisotopic (exact) mass is 344 g/mol. The Morgan fingerprint density at radius 1 is 1.33 bits per heavy atom. The lowest BCUT2D eigenvalue weighted by Crippen LogP contribution is -2.28. The van der Waals surface area contributed by atoms with Crippen molar-refractivity contribution in [3.05, 3.63) is 64.4 Å². The number of aromatic nitrogens is 1.